The van der Waals surface area contributed by atoms with Gasteiger partial charge in [0, 0.05) is 10.0 Å². The van der Waals surface area contributed by atoms with Gasteiger partial charge in [0.1, 0.15) is 6.10 Å². The lowest BCUT2D eigenvalue weighted by molar-refractivity contribution is -0.318. The summed E-state index contributed by atoms with van der Waals surface area (Å²) in [5.74, 6) is -0.779. The highest BCUT2D eigenvalue weighted by Gasteiger charge is 2.44. The van der Waals surface area contributed by atoms with Crippen LogP contribution < -0.4 is 0 Å². The van der Waals surface area contributed by atoms with Crippen LogP contribution in [0, 0.1) is 0 Å². The van der Waals surface area contributed by atoms with E-state index in [2.05, 4.69) is 10.0 Å². The summed E-state index contributed by atoms with van der Waals surface area (Å²) in [5.41, 5.74) is 8.15. The van der Waals surface area contributed by atoms with Crippen molar-refractivity contribution in [3.05, 3.63) is 22.8 Å². The first kappa shape index (κ1) is 12.7. The Morgan fingerprint density at radius 3 is 3.11 bits per heavy atom. The molecule has 2 aliphatic rings. The van der Waals surface area contributed by atoms with Gasteiger partial charge in [0.2, 0.25) is 0 Å². The van der Waals surface area contributed by atoms with Crippen LogP contribution in [0.2, 0.25) is 0 Å². The van der Waals surface area contributed by atoms with Crippen LogP contribution in [0.5, 0.6) is 0 Å². The smallest absolute Gasteiger partial charge is 0.397 e. The maximum absolute atomic E-state index is 11.1. The van der Waals surface area contributed by atoms with E-state index >= 15 is 0 Å². The van der Waals surface area contributed by atoms with Crippen molar-refractivity contribution in [1.82, 2.24) is 0 Å². The molecule has 2 heterocycles. The molecule has 2 aliphatic heterocycles. The number of azide groups is 1. The molecule has 1 fully saturated rings. The SMILES string of the molecule is CC1(C)OC[C@H]2OC=C[C@H](OC(=O)N=[N+]=[N-])[C@@H]2O1. The van der Waals surface area contributed by atoms with Crippen LogP contribution in [-0.2, 0) is 18.9 Å². The predicted octanol–water partition coefficient (Wildman–Crippen LogP) is 1.87. The molecule has 0 saturated carbocycles. The Balaban J connectivity index is 2.09. The Kier molecular flexibility index (Phi) is 3.42. The monoisotopic (exact) mass is 255 g/mol. The molecule has 0 bridgehead atoms. The van der Waals surface area contributed by atoms with Gasteiger partial charge in [-0.1, -0.05) is 0 Å². The minimum absolute atomic E-state index is 0.331. The third-order valence-electron chi connectivity index (χ3n) is 2.59. The van der Waals surface area contributed by atoms with Crippen LogP contribution in [0.4, 0.5) is 4.79 Å². The van der Waals surface area contributed by atoms with Crippen molar-refractivity contribution >= 4 is 6.09 Å². The molecule has 98 valence electrons. The number of carbonyl (C=O) groups excluding carboxylic acids is 1. The predicted molar refractivity (Wildman–Crippen MR) is 58.3 cm³/mol. The fourth-order valence-electron chi connectivity index (χ4n) is 1.83. The molecular weight excluding hydrogens is 242 g/mol. The number of amides is 1. The van der Waals surface area contributed by atoms with Crippen molar-refractivity contribution in [3.63, 3.8) is 0 Å². The molecule has 0 unspecified atom stereocenters. The van der Waals surface area contributed by atoms with E-state index < -0.39 is 24.1 Å². The number of fused-ring (bicyclic) bond motifs is 1. The molecule has 2 rings (SSSR count). The third-order valence-corrected chi connectivity index (χ3v) is 2.59. The molecule has 0 aromatic heterocycles. The fourth-order valence-corrected chi connectivity index (χ4v) is 1.83. The highest BCUT2D eigenvalue weighted by molar-refractivity contribution is 5.68. The first-order valence-electron chi connectivity index (χ1n) is 5.41. The molecule has 18 heavy (non-hydrogen) atoms. The van der Waals surface area contributed by atoms with Gasteiger partial charge in [-0.05, 0) is 25.5 Å². The second-order valence-corrected chi connectivity index (χ2v) is 4.33. The van der Waals surface area contributed by atoms with Gasteiger partial charge in [-0.15, -0.1) is 0 Å². The third kappa shape index (κ3) is 2.73. The minimum Gasteiger partial charge on any atom is -0.493 e. The van der Waals surface area contributed by atoms with Crippen LogP contribution >= 0.6 is 0 Å². The van der Waals surface area contributed by atoms with Gasteiger partial charge < -0.3 is 18.9 Å². The summed E-state index contributed by atoms with van der Waals surface area (Å²) in [6.45, 7) is 3.85. The van der Waals surface area contributed by atoms with E-state index in [1.807, 2.05) is 0 Å². The minimum atomic E-state index is -0.999. The highest BCUT2D eigenvalue weighted by Crippen LogP contribution is 2.30. The summed E-state index contributed by atoms with van der Waals surface area (Å²) in [5, 5.41) is 2.85. The lowest BCUT2D eigenvalue weighted by Crippen LogP contribution is -2.55. The van der Waals surface area contributed by atoms with E-state index in [1.165, 1.54) is 12.3 Å². The van der Waals surface area contributed by atoms with Crippen molar-refractivity contribution in [3.8, 4) is 0 Å². The standard InChI is InChI=1S/C10H13N3O5/c1-10(2)16-5-7-8(18-10)6(3-4-15-7)17-9(14)12-13-11/h3-4,6-8H,5H2,1-2H3/t6-,7+,8-/m0/s1. The van der Waals surface area contributed by atoms with Crippen LogP contribution in [-0.4, -0.2) is 36.8 Å². The zero-order valence-electron chi connectivity index (χ0n) is 9.98. The van der Waals surface area contributed by atoms with Gasteiger partial charge in [0.15, 0.2) is 18.0 Å². The Morgan fingerprint density at radius 1 is 1.61 bits per heavy atom. The van der Waals surface area contributed by atoms with Crippen LogP contribution in [0.15, 0.2) is 17.5 Å². The number of carbonyl (C=O) groups is 1. The lowest BCUT2D eigenvalue weighted by atomic mass is 10.0. The van der Waals surface area contributed by atoms with Crippen LogP contribution in [0.25, 0.3) is 10.4 Å². The zero-order valence-corrected chi connectivity index (χ0v) is 9.98. The van der Waals surface area contributed by atoms with E-state index in [9.17, 15) is 4.79 Å². The highest BCUT2D eigenvalue weighted by atomic mass is 16.7. The van der Waals surface area contributed by atoms with Crippen molar-refractivity contribution in [2.45, 2.75) is 37.9 Å². The fraction of sp³-hybridized carbons (Fsp3) is 0.700. The molecule has 1 saturated heterocycles. The molecule has 1 amide bonds. The molecule has 8 nitrogen and oxygen atoms in total. The van der Waals surface area contributed by atoms with Gasteiger partial charge in [-0.3, -0.25) is 0 Å². The van der Waals surface area contributed by atoms with E-state index in [0.717, 1.165) is 0 Å². The van der Waals surface area contributed by atoms with E-state index in [1.54, 1.807) is 13.8 Å². The summed E-state index contributed by atoms with van der Waals surface area (Å²) >= 11 is 0. The normalized spacial score (nSPS) is 32.7. The first-order chi connectivity index (χ1) is 8.52. The van der Waals surface area contributed by atoms with Crippen molar-refractivity contribution in [1.29, 1.82) is 0 Å². The Bertz CT molecular complexity index is 416. The molecule has 0 aromatic rings. The molecule has 0 radical (unpaired) electrons. The molecule has 3 atom stereocenters. The zero-order chi connectivity index (χ0) is 13.2. The van der Waals surface area contributed by atoms with E-state index in [-0.39, 0.29) is 6.10 Å². The maximum atomic E-state index is 11.1. The average molecular weight is 255 g/mol. The van der Waals surface area contributed by atoms with Crippen molar-refractivity contribution in [2.24, 2.45) is 5.11 Å². The summed E-state index contributed by atoms with van der Waals surface area (Å²) in [6, 6.07) is 0. The van der Waals surface area contributed by atoms with Gasteiger partial charge >= 0.3 is 6.09 Å². The number of nitrogens with zero attached hydrogens (tertiary/aromatic N) is 3. The van der Waals surface area contributed by atoms with Crippen LogP contribution in [0.1, 0.15) is 13.8 Å². The second kappa shape index (κ2) is 4.85. The summed E-state index contributed by atoms with van der Waals surface area (Å²) in [6.07, 6.45) is 0.447. The van der Waals surface area contributed by atoms with Gasteiger partial charge in [-0.2, -0.15) is 0 Å². The quantitative estimate of drug-likeness (QED) is 0.404. The second-order valence-electron chi connectivity index (χ2n) is 4.33. The number of hydrogen-bond acceptors (Lipinski definition) is 5. The summed E-state index contributed by atoms with van der Waals surface area (Å²) in [7, 11) is 0. The summed E-state index contributed by atoms with van der Waals surface area (Å²) in [4.78, 5) is 13.5. The Hall–Kier alpha value is -1.76. The molecule has 8 heteroatoms. The lowest BCUT2D eigenvalue weighted by Gasteiger charge is -2.43. The molecular formula is C10H13N3O5. The molecule has 0 N–H and O–H groups in total. The molecule has 0 spiro atoms. The first-order valence-corrected chi connectivity index (χ1v) is 5.41. The van der Waals surface area contributed by atoms with Gasteiger partial charge in [0.25, 0.3) is 0 Å². The maximum Gasteiger partial charge on any atom is 0.397 e. The Morgan fingerprint density at radius 2 is 2.39 bits per heavy atom. The van der Waals surface area contributed by atoms with Crippen molar-refractivity contribution < 1.29 is 23.7 Å². The number of hydrogen-bond donors (Lipinski definition) is 0. The van der Waals surface area contributed by atoms with Crippen molar-refractivity contribution in [2.75, 3.05) is 6.61 Å². The molecule has 0 aromatic carbocycles. The van der Waals surface area contributed by atoms with E-state index in [4.69, 9.17) is 24.5 Å². The Labute approximate surface area is 103 Å². The number of ether oxygens (including phenoxy) is 4. The van der Waals surface area contributed by atoms with Gasteiger partial charge in [0.05, 0.1) is 12.9 Å². The molecule has 0 aliphatic carbocycles. The topological polar surface area (TPSA) is 103 Å². The van der Waals surface area contributed by atoms with E-state index in [0.29, 0.717) is 6.61 Å². The van der Waals surface area contributed by atoms with Gasteiger partial charge in [-0.25, -0.2) is 4.79 Å². The number of rotatable bonds is 1. The van der Waals surface area contributed by atoms with Crippen LogP contribution in [0.3, 0.4) is 0 Å². The summed E-state index contributed by atoms with van der Waals surface area (Å²) < 4.78 is 21.4. The largest absolute Gasteiger partial charge is 0.493 e. The average Bonchev–Trinajstić information content (AvgIpc) is 2.29.